The van der Waals surface area contributed by atoms with Gasteiger partial charge in [0.25, 0.3) is 0 Å². The van der Waals surface area contributed by atoms with Crippen LogP contribution in [-0.2, 0) is 4.79 Å². The highest BCUT2D eigenvalue weighted by Crippen LogP contribution is 2.56. The van der Waals surface area contributed by atoms with Gasteiger partial charge in [0.05, 0.1) is 6.61 Å². The monoisotopic (exact) mass is 445 g/mol. The van der Waals surface area contributed by atoms with Crippen molar-refractivity contribution in [3.63, 3.8) is 0 Å². The number of hydrogen-bond donors (Lipinski definition) is 1. The Hall–Kier alpha value is -1.71. The van der Waals surface area contributed by atoms with Crippen LogP contribution in [-0.4, -0.2) is 18.6 Å². The van der Waals surface area contributed by atoms with Gasteiger partial charge in [-0.1, -0.05) is 55.2 Å². The van der Waals surface area contributed by atoms with Gasteiger partial charge in [0.2, 0.25) is 5.91 Å². The zero-order chi connectivity index (χ0) is 21.4. The predicted octanol–water partition coefficient (Wildman–Crippen LogP) is 6.44. The van der Waals surface area contributed by atoms with Crippen molar-refractivity contribution in [3.8, 4) is 5.75 Å². The predicted molar refractivity (Wildman–Crippen MR) is 123 cm³/mol. The minimum atomic E-state index is 0.0304. The van der Waals surface area contributed by atoms with Crippen LogP contribution in [0.4, 0.5) is 0 Å². The van der Waals surface area contributed by atoms with Crippen LogP contribution in [0.15, 0.2) is 42.5 Å². The van der Waals surface area contributed by atoms with Crippen LogP contribution in [0.1, 0.15) is 56.6 Å². The van der Waals surface area contributed by atoms with Gasteiger partial charge in [0.1, 0.15) is 5.75 Å². The maximum atomic E-state index is 12.7. The molecule has 0 aromatic heterocycles. The Morgan fingerprint density at radius 2 is 1.80 bits per heavy atom. The van der Waals surface area contributed by atoms with Crippen molar-refractivity contribution in [1.82, 2.24) is 5.32 Å². The van der Waals surface area contributed by atoms with Crippen LogP contribution in [0.25, 0.3) is 0 Å². The number of hydrogen-bond acceptors (Lipinski definition) is 2. The minimum absolute atomic E-state index is 0.0304. The van der Waals surface area contributed by atoms with Crippen LogP contribution < -0.4 is 10.1 Å². The second kappa shape index (κ2) is 8.80. The van der Waals surface area contributed by atoms with E-state index in [9.17, 15) is 4.79 Å². The molecule has 0 spiro atoms. The lowest BCUT2D eigenvalue weighted by molar-refractivity contribution is -0.125. The van der Waals surface area contributed by atoms with Crippen molar-refractivity contribution in [3.05, 3.63) is 63.6 Å². The van der Waals surface area contributed by atoms with Gasteiger partial charge in [0.15, 0.2) is 0 Å². The second-order valence-corrected chi connectivity index (χ2v) is 9.67. The fourth-order valence-corrected chi connectivity index (χ4v) is 6.05. The zero-order valence-corrected chi connectivity index (χ0v) is 19.2. The first-order chi connectivity index (χ1) is 14.4. The van der Waals surface area contributed by atoms with E-state index in [-0.39, 0.29) is 35.6 Å². The number of rotatable bonds is 5. The lowest BCUT2D eigenvalue weighted by Crippen LogP contribution is -2.39. The molecule has 0 radical (unpaired) electrons. The van der Waals surface area contributed by atoms with E-state index >= 15 is 0 Å². The molecule has 6 atom stereocenters. The Kier molecular flexibility index (Phi) is 6.31. The van der Waals surface area contributed by atoms with E-state index in [4.69, 9.17) is 27.9 Å². The third-order valence-corrected chi connectivity index (χ3v) is 7.43. The summed E-state index contributed by atoms with van der Waals surface area (Å²) < 4.78 is 5.77. The van der Waals surface area contributed by atoms with Crippen molar-refractivity contribution >= 4 is 29.1 Å². The van der Waals surface area contributed by atoms with Gasteiger partial charge in [-0.3, -0.25) is 4.79 Å². The van der Waals surface area contributed by atoms with E-state index in [1.807, 2.05) is 24.3 Å². The molecule has 160 valence electrons. The van der Waals surface area contributed by atoms with Crippen LogP contribution in [0.3, 0.4) is 0 Å². The summed E-state index contributed by atoms with van der Waals surface area (Å²) in [6.45, 7) is 7.10. The van der Waals surface area contributed by atoms with Gasteiger partial charge in [-0.2, -0.15) is 0 Å². The molecule has 1 N–H and O–H groups in total. The number of carbonyl (C=O) groups is 1. The first kappa shape index (κ1) is 21.5. The molecule has 2 aromatic rings. The first-order valence-corrected chi connectivity index (χ1v) is 11.6. The summed E-state index contributed by atoms with van der Waals surface area (Å²) in [6.07, 6.45) is 1.88. The van der Waals surface area contributed by atoms with E-state index in [1.165, 1.54) is 5.56 Å². The van der Waals surface area contributed by atoms with Gasteiger partial charge < -0.3 is 10.1 Å². The molecule has 3 nitrogen and oxygen atoms in total. The molecule has 1 aliphatic heterocycles. The number of carbonyl (C=O) groups excluding carboxylic acids is 1. The second-order valence-electron chi connectivity index (χ2n) is 8.83. The average Bonchev–Trinajstić information content (AvgIpc) is 3.02. The number of benzene rings is 2. The molecule has 1 aliphatic carbocycles. The summed E-state index contributed by atoms with van der Waals surface area (Å²) in [5.41, 5.74) is 2.36. The third kappa shape index (κ3) is 3.94. The third-order valence-electron chi connectivity index (χ3n) is 6.85. The van der Waals surface area contributed by atoms with Crippen LogP contribution in [0, 0.1) is 17.8 Å². The zero-order valence-electron chi connectivity index (χ0n) is 17.7. The molecular formula is C25H29Cl2NO2. The normalized spacial score (nSPS) is 30.6. The highest BCUT2D eigenvalue weighted by atomic mass is 35.5. The summed E-state index contributed by atoms with van der Waals surface area (Å²) in [4.78, 5) is 12.7. The van der Waals surface area contributed by atoms with Gasteiger partial charge in [-0.05, 0) is 78.8 Å². The van der Waals surface area contributed by atoms with E-state index in [2.05, 4.69) is 44.3 Å². The fourth-order valence-electron chi connectivity index (χ4n) is 5.62. The van der Waals surface area contributed by atoms with Gasteiger partial charge in [-0.25, -0.2) is 0 Å². The van der Waals surface area contributed by atoms with Crippen molar-refractivity contribution in [2.75, 3.05) is 6.61 Å². The largest absolute Gasteiger partial charge is 0.494 e. The Balaban J connectivity index is 1.77. The average molecular weight is 446 g/mol. The fraction of sp³-hybridized carbons (Fsp3) is 0.480. The van der Waals surface area contributed by atoms with Gasteiger partial charge >= 0.3 is 0 Å². The summed E-state index contributed by atoms with van der Waals surface area (Å²) in [5.74, 6) is 1.96. The number of halogens is 2. The Bertz CT molecular complexity index is 914. The number of amides is 1. The number of fused-ring (bicyclic) bond motifs is 1. The first-order valence-electron chi connectivity index (χ1n) is 10.9. The molecule has 1 amide bonds. The topological polar surface area (TPSA) is 38.3 Å². The summed E-state index contributed by atoms with van der Waals surface area (Å²) in [7, 11) is 0. The molecule has 5 heteroatoms. The molecule has 2 fully saturated rings. The molecule has 1 saturated carbocycles. The van der Waals surface area contributed by atoms with Crippen molar-refractivity contribution in [2.24, 2.45) is 17.8 Å². The Morgan fingerprint density at radius 1 is 1.07 bits per heavy atom. The van der Waals surface area contributed by atoms with Crippen molar-refractivity contribution < 1.29 is 9.53 Å². The molecule has 2 aromatic carbocycles. The van der Waals surface area contributed by atoms with E-state index < -0.39 is 0 Å². The molecule has 2 aliphatic rings. The van der Waals surface area contributed by atoms with Gasteiger partial charge in [0, 0.05) is 22.0 Å². The lowest BCUT2D eigenvalue weighted by Gasteiger charge is -2.44. The Labute approximate surface area is 189 Å². The molecule has 0 unspecified atom stereocenters. The summed E-state index contributed by atoms with van der Waals surface area (Å²) in [6, 6.07) is 14.3. The van der Waals surface area contributed by atoms with Crippen LogP contribution in [0.2, 0.25) is 10.0 Å². The van der Waals surface area contributed by atoms with Crippen molar-refractivity contribution in [2.45, 2.75) is 51.5 Å². The van der Waals surface area contributed by atoms with Crippen LogP contribution in [0.5, 0.6) is 5.75 Å². The Morgan fingerprint density at radius 3 is 2.47 bits per heavy atom. The molecule has 30 heavy (non-hydrogen) atoms. The van der Waals surface area contributed by atoms with E-state index in [0.717, 1.165) is 34.2 Å². The maximum Gasteiger partial charge on any atom is 0.223 e. The molecule has 0 bridgehead atoms. The molecule has 4 rings (SSSR count). The highest BCUT2D eigenvalue weighted by molar-refractivity contribution is 6.31. The minimum Gasteiger partial charge on any atom is -0.494 e. The quantitative estimate of drug-likeness (QED) is 0.574. The summed E-state index contributed by atoms with van der Waals surface area (Å²) in [5, 5.41) is 4.66. The van der Waals surface area contributed by atoms with Crippen LogP contribution >= 0.6 is 23.2 Å². The molecular weight excluding hydrogens is 417 g/mol. The smallest absolute Gasteiger partial charge is 0.223 e. The van der Waals surface area contributed by atoms with Gasteiger partial charge in [-0.15, -0.1) is 0 Å². The van der Waals surface area contributed by atoms with E-state index in [1.54, 1.807) is 0 Å². The standard InChI is InChI=1S/C25H29Cl2NO2/c1-4-11-30-18-9-10-19(21(27)13-18)20-12-14(2)22-23(15(3)28-25(22)29)24(20)16-5-7-17(26)8-6-16/h5-10,13-15,20,22-24H,4,11-12H2,1-3H3,(H,28,29)/t14-,15-,20+,22-,23-,24+/m1/s1. The van der Waals surface area contributed by atoms with E-state index in [0.29, 0.717) is 12.5 Å². The molecule has 1 heterocycles. The van der Waals surface area contributed by atoms with Crippen molar-refractivity contribution in [1.29, 1.82) is 0 Å². The molecule has 1 saturated heterocycles. The summed E-state index contributed by atoms with van der Waals surface area (Å²) >= 11 is 13.0. The number of ether oxygens (including phenoxy) is 1. The lowest BCUT2D eigenvalue weighted by atomic mass is 9.58. The maximum absolute atomic E-state index is 12.7. The highest BCUT2D eigenvalue weighted by Gasteiger charge is 2.53. The number of nitrogens with one attached hydrogen (secondary N) is 1. The SMILES string of the molecule is CCCOc1ccc([C@@H]2C[C@@H](C)[C@H]3C(=O)N[C@H](C)[C@H]3[C@H]2c2ccc(Cl)cc2)c(Cl)c1.